The van der Waals surface area contributed by atoms with Gasteiger partial charge < -0.3 is 16.4 Å². The summed E-state index contributed by atoms with van der Waals surface area (Å²) in [5.74, 6) is 0. The second kappa shape index (κ2) is 5.21. The summed E-state index contributed by atoms with van der Waals surface area (Å²) >= 11 is 5.12. The lowest BCUT2D eigenvalue weighted by Gasteiger charge is -2.38. The number of hydrogen-bond acceptors (Lipinski definition) is 2. The average molecular weight is 257 g/mol. The van der Waals surface area contributed by atoms with Crippen LogP contribution in [0.1, 0.15) is 52.9 Å². The zero-order valence-electron chi connectivity index (χ0n) is 10.9. The molecule has 1 fully saturated rings. The van der Waals surface area contributed by atoms with Crippen LogP contribution in [-0.2, 0) is 0 Å². The van der Waals surface area contributed by atoms with Crippen LogP contribution >= 0.6 is 12.2 Å². The molecule has 0 atom stereocenters. The summed E-state index contributed by atoms with van der Waals surface area (Å²) in [6.07, 6.45) is 5.01. The molecule has 0 aliphatic heterocycles. The first-order chi connectivity index (χ1) is 7.75. The maximum absolute atomic E-state index is 11.9. The predicted octanol–water partition coefficient (Wildman–Crippen LogP) is 2.07. The Morgan fingerprint density at radius 1 is 1.24 bits per heavy atom. The molecule has 0 aromatic rings. The van der Waals surface area contributed by atoms with Gasteiger partial charge in [-0.1, -0.05) is 31.5 Å². The van der Waals surface area contributed by atoms with Crippen molar-refractivity contribution in [1.29, 1.82) is 0 Å². The number of amides is 2. The first-order valence-electron chi connectivity index (χ1n) is 6.15. The van der Waals surface area contributed by atoms with Crippen molar-refractivity contribution in [3.8, 4) is 0 Å². The molecule has 5 heteroatoms. The largest absolute Gasteiger partial charge is 0.391 e. The van der Waals surface area contributed by atoms with Gasteiger partial charge in [-0.2, -0.15) is 0 Å². The van der Waals surface area contributed by atoms with Gasteiger partial charge in [0.25, 0.3) is 0 Å². The van der Waals surface area contributed by atoms with E-state index in [0.29, 0.717) is 4.99 Å². The average Bonchev–Trinajstić information content (AvgIpc) is 2.15. The second-order valence-corrected chi connectivity index (χ2v) is 6.28. The van der Waals surface area contributed by atoms with Crippen LogP contribution in [0.5, 0.6) is 0 Å². The lowest BCUT2D eigenvalue weighted by molar-refractivity contribution is 0.216. The fourth-order valence-corrected chi connectivity index (χ4v) is 2.43. The summed E-state index contributed by atoms with van der Waals surface area (Å²) in [6.45, 7) is 5.84. The molecule has 1 rings (SSSR count). The van der Waals surface area contributed by atoms with Crippen LogP contribution in [0.2, 0.25) is 0 Å². The zero-order valence-corrected chi connectivity index (χ0v) is 11.7. The zero-order chi connectivity index (χ0) is 13.1. The minimum absolute atomic E-state index is 0.188. The summed E-state index contributed by atoms with van der Waals surface area (Å²) < 4.78 is 0. The van der Waals surface area contributed by atoms with Gasteiger partial charge in [-0.3, -0.25) is 0 Å². The van der Waals surface area contributed by atoms with Gasteiger partial charge in [0.05, 0.1) is 10.5 Å². The predicted molar refractivity (Wildman–Crippen MR) is 74.0 cm³/mol. The Hall–Kier alpha value is -0.840. The Balaban J connectivity index is 2.67. The van der Waals surface area contributed by atoms with E-state index in [1.807, 2.05) is 20.8 Å². The van der Waals surface area contributed by atoms with Crippen LogP contribution in [0.3, 0.4) is 0 Å². The highest BCUT2D eigenvalue weighted by Gasteiger charge is 2.36. The highest BCUT2D eigenvalue weighted by molar-refractivity contribution is 7.80. The fraction of sp³-hybridized carbons (Fsp3) is 0.833. The van der Waals surface area contributed by atoms with Crippen LogP contribution in [0.15, 0.2) is 0 Å². The van der Waals surface area contributed by atoms with Gasteiger partial charge in [0.1, 0.15) is 0 Å². The van der Waals surface area contributed by atoms with Crippen molar-refractivity contribution in [1.82, 2.24) is 10.6 Å². The lowest BCUT2D eigenvalue weighted by Crippen LogP contribution is -2.61. The summed E-state index contributed by atoms with van der Waals surface area (Å²) in [5, 5.41) is 5.85. The van der Waals surface area contributed by atoms with Crippen molar-refractivity contribution in [3.05, 3.63) is 0 Å². The maximum atomic E-state index is 11.9. The molecular formula is C12H23N3OS. The molecule has 0 bridgehead atoms. The van der Waals surface area contributed by atoms with Crippen molar-refractivity contribution < 1.29 is 4.79 Å². The van der Waals surface area contributed by atoms with Gasteiger partial charge in [0.15, 0.2) is 0 Å². The Morgan fingerprint density at radius 3 is 2.18 bits per heavy atom. The minimum atomic E-state index is -0.483. The molecule has 0 radical (unpaired) electrons. The van der Waals surface area contributed by atoms with E-state index in [-0.39, 0.29) is 11.6 Å². The maximum Gasteiger partial charge on any atom is 0.315 e. The van der Waals surface area contributed by atoms with Gasteiger partial charge in [0.2, 0.25) is 0 Å². The van der Waals surface area contributed by atoms with E-state index in [4.69, 9.17) is 18.0 Å². The standard InChI is InChI=1S/C12H23N3OS/c1-11(2,3)14-10(16)15-12(9(13)17)7-5-4-6-8-12/h4-8H2,1-3H3,(H2,13,17)(H2,14,15,16). The number of carbonyl (C=O) groups excluding carboxylic acids is 1. The van der Waals surface area contributed by atoms with Gasteiger partial charge in [-0.15, -0.1) is 0 Å². The van der Waals surface area contributed by atoms with E-state index < -0.39 is 5.54 Å². The topological polar surface area (TPSA) is 67.2 Å². The smallest absolute Gasteiger partial charge is 0.315 e. The first kappa shape index (κ1) is 14.2. The Labute approximate surface area is 109 Å². The summed E-state index contributed by atoms with van der Waals surface area (Å²) in [5.41, 5.74) is 5.07. The highest BCUT2D eigenvalue weighted by atomic mass is 32.1. The molecule has 0 saturated heterocycles. The van der Waals surface area contributed by atoms with E-state index in [1.165, 1.54) is 6.42 Å². The number of urea groups is 1. The molecule has 0 spiro atoms. The van der Waals surface area contributed by atoms with Crippen molar-refractivity contribution in [3.63, 3.8) is 0 Å². The van der Waals surface area contributed by atoms with Crippen LogP contribution in [0, 0.1) is 0 Å². The third-order valence-corrected chi connectivity index (χ3v) is 3.41. The SMILES string of the molecule is CC(C)(C)NC(=O)NC1(C(N)=S)CCCCC1. The van der Waals surface area contributed by atoms with Gasteiger partial charge in [-0.05, 0) is 33.6 Å². The molecule has 1 saturated carbocycles. The van der Waals surface area contributed by atoms with E-state index in [9.17, 15) is 4.79 Å². The summed E-state index contributed by atoms with van der Waals surface area (Å²) in [7, 11) is 0. The van der Waals surface area contributed by atoms with Crippen LogP contribution in [0.4, 0.5) is 4.79 Å². The molecule has 0 aromatic heterocycles. The molecular weight excluding hydrogens is 234 g/mol. The van der Waals surface area contributed by atoms with E-state index in [0.717, 1.165) is 25.7 Å². The van der Waals surface area contributed by atoms with Crippen LogP contribution < -0.4 is 16.4 Å². The molecule has 4 N–H and O–H groups in total. The third-order valence-electron chi connectivity index (χ3n) is 3.02. The first-order valence-corrected chi connectivity index (χ1v) is 6.56. The molecule has 0 heterocycles. The fourth-order valence-electron chi connectivity index (χ4n) is 2.18. The number of hydrogen-bond donors (Lipinski definition) is 3. The lowest BCUT2D eigenvalue weighted by atomic mass is 9.81. The Bertz CT molecular complexity index is 303. The molecule has 0 unspecified atom stereocenters. The Morgan fingerprint density at radius 2 is 1.76 bits per heavy atom. The Kier molecular flexibility index (Phi) is 4.36. The van der Waals surface area contributed by atoms with E-state index in [2.05, 4.69) is 10.6 Å². The van der Waals surface area contributed by atoms with Gasteiger partial charge >= 0.3 is 6.03 Å². The number of nitrogens with two attached hydrogens (primary N) is 1. The molecule has 4 nitrogen and oxygen atoms in total. The highest BCUT2D eigenvalue weighted by Crippen LogP contribution is 2.28. The van der Waals surface area contributed by atoms with Crippen molar-refractivity contribution in [2.24, 2.45) is 5.73 Å². The van der Waals surface area contributed by atoms with Gasteiger partial charge in [0, 0.05) is 5.54 Å². The number of thiocarbonyl (C=S) groups is 1. The number of carbonyl (C=O) groups is 1. The normalized spacial score (nSPS) is 19.5. The van der Waals surface area contributed by atoms with Crippen LogP contribution in [0.25, 0.3) is 0 Å². The third kappa shape index (κ3) is 4.15. The summed E-state index contributed by atoms with van der Waals surface area (Å²) in [6, 6.07) is -0.188. The minimum Gasteiger partial charge on any atom is -0.391 e. The van der Waals surface area contributed by atoms with E-state index in [1.54, 1.807) is 0 Å². The molecule has 17 heavy (non-hydrogen) atoms. The van der Waals surface area contributed by atoms with Gasteiger partial charge in [-0.25, -0.2) is 4.79 Å². The van der Waals surface area contributed by atoms with Crippen molar-refractivity contribution >= 4 is 23.2 Å². The van der Waals surface area contributed by atoms with Crippen molar-refractivity contribution in [2.75, 3.05) is 0 Å². The quantitative estimate of drug-likeness (QED) is 0.663. The van der Waals surface area contributed by atoms with Crippen LogP contribution in [-0.4, -0.2) is 22.1 Å². The second-order valence-electron chi connectivity index (χ2n) is 5.84. The summed E-state index contributed by atoms with van der Waals surface area (Å²) in [4.78, 5) is 12.3. The van der Waals surface area contributed by atoms with Crippen molar-refractivity contribution in [2.45, 2.75) is 64.0 Å². The molecule has 1 aliphatic rings. The molecule has 2 amide bonds. The van der Waals surface area contributed by atoms with E-state index >= 15 is 0 Å². The number of nitrogens with one attached hydrogen (secondary N) is 2. The molecule has 0 aromatic carbocycles. The molecule has 98 valence electrons. The monoisotopic (exact) mass is 257 g/mol. The number of rotatable bonds is 2. The molecule has 1 aliphatic carbocycles.